The number of nitro benzene ring substituents is 1. The summed E-state index contributed by atoms with van der Waals surface area (Å²) in [6.07, 6.45) is 4.31. The van der Waals surface area contributed by atoms with Gasteiger partial charge in [-0.1, -0.05) is 24.3 Å². The Morgan fingerprint density at radius 3 is 2.62 bits per heavy atom. The van der Waals surface area contributed by atoms with E-state index < -0.39 is 4.92 Å². The van der Waals surface area contributed by atoms with Crippen molar-refractivity contribution in [2.75, 3.05) is 13.1 Å². The number of hydrogen-bond acceptors (Lipinski definition) is 4. The normalized spacial score (nSPS) is 10.5. The van der Waals surface area contributed by atoms with Gasteiger partial charge < -0.3 is 10.6 Å². The molecule has 7 nitrogen and oxygen atoms in total. The number of aliphatic imine (C=N–C) groups is 1. The Kier molecular flexibility index (Phi) is 9.91. The average molecular weight is 467 g/mol. The van der Waals surface area contributed by atoms with Crippen LogP contribution < -0.4 is 10.6 Å². The lowest BCUT2D eigenvalue weighted by atomic mass is 10.2. The highest BCUT2D eigenvalue weighted by Crippen LogP contribution is 2.12. The molecule has 138 valence electrons. The van der Waals surface area contributed by atoms with Crippen LogP contribution in [0.25, 0.3) is 0 Å². The molecule has 1 aromatic carbocycles. The third-order valence-corrected chi connectivity index (χ3v) is 3.38. The van der Waals surface area contributed by atoms with Gasteiger partial charge in [0.2, 0.25) is 0 Å². The Bertz CT molecular complexity index is 720. The molecule has 1 aromatic heterocycles. The van der Waals surface area contributed by atoms with Gasteiger partial charge in [-0.05, 0) is 17.7 Å². The fourth-order valence-electron chi connectivity index (χ4n) is 2.09. The Hall–Kier alpha value is -2.49. The first-order valence-corrected chi connectivity index (χ1v) is 7.95. The summed E-state index contributed by atoms with van der Waals surface area (Å²) in [6.45, 7) is 5.40. The molecule has 26 heavy (non-hydrogen) atoms. The van der Waals surface area contributed by atoms with E-state index in [9.17, 15) is 10.1 Å². The Labute approximate surface area is 169 Å². The van der Waals surface area contributed by atoms with E-state index in [0.29, 0.717) is 25.6 Å². The lowest BCUT2D eigenvalue weighted by Crippen LogP contribution is -2.38. The monoisotopic (exact) mass is 467 g/mol. The van der Waals surface area contributed by atoms with Gasteiger partial charge in [-0.2, -0.15) is 0 Å². The molecule has 1 heterocycles. The smallest absolute Gasteiger partial charge is 0.269 e. The van der Waals surface area contributed by atoms with Crippen LogP contribution in [0.15, 0.2) is 66.3 Å². The Morgan fingerprint density at radius 2 is 2.00 bits per heavy atom. The second kappa shape index (κ2) is 12.0. The van der Waals surface area contributed by atoms with Gasteiger partial charge in [-0.3, -0.25) is 15.1 Å². The van der Waals surface area contributed by atoms with Crippen molar-refractivity contribution in [1.82, 2.24) is 15.6 Å². The summed E-state index contributed by atoms with van der Waals surface area (Å²) in [5.41, 5.74) is 1.98. The number of nitrogens with one attached hydrogen (secondary N) is 2. The zero-order chi connectivity index (χ0) is 17.9. The van der Waals surface area contributed by atoms with E-state index in [1.54, 1.807) is 24.4 Å². The van der Waals surface area contributed by atoms with Gasteiger partial charge in [-0.15, -0.1) is 30.6 Å². The van der Waals surface area contributed by atoms with Crippen LogP contribution in [0.5, 0.6) is 0 Å². The standard InChI is InChI=1S/C18H21N5O2.HI/c1-2-11-20-18(21-13-10-16-5-3-4-12-19-16)22-14-15-6-8-17(9-7-15)23(24)25;/h2-9,12H,1,10-11,13-14H2,(H2,20,21,22);1H. The highest BCUT2D eigenvalue weighted by molar-refractivity contribution is 14.0. The van der Waals surface area contributed by atoms with E-state index in [1.165, 1.54) is 12.1 Å². The molecule has 0 aliphatic carbocycles. The van der Waals surface area contributed by atoms with E-state index in [4.69, 9.17) is 0 Å². The molecular formula is C18H22IN5O2. The number of rotatable bonds is 8. The number of halogens is 1. The number of non-ortho nitro benzene ring substituents is 1. The topological polar surface area (TPSA) is 92.5 Å². The summed E-state index contributed by atoms with van der Waals surface area (Å²) in [7, 11) is 0. The second-order valence-electron chi connectivity index (χ2n) is 5.26. The van der Waals surface area contributed by atoms with Crippen LogP contribution >= 0.6 is 24.0 Å². The van der Waals surface area contributed by atoms with Crippen molar-refractivity contribution in [2.45, 2.75) is 13.0 Å². The molecular weight excluding hydrogens is 445 g/mol. The molecule has 0 spiro atoms. The summed E-state index contributed by atoms with van der Waals surface area (Å²) in [5.74, 6) is 0.661. The van der Waals surface area contributed by atoms with Crippen molar-refractivity contribution in [1.29, 1.82) is 0 Å². The lowest BCUT2D eigenvalue weighted by Gasteiger charge is -2.11. The van der Waals surface area contributed by atoms with E-state index in [-0.39, 0.29) is 29.7 Å². The predicted molar refractivity (Wildman–Crippen MR) is 114 cm³/mol. The molecule has 0 unspecified atom stereocenters. The van der Waals surface area contributed by atoms with Crippen molar-refractivity contribution in [3.05, 3.63) is 82.7 Å². The SMILES string of the molecule is C=CCNC(=NCc1ccc([N+](=O)[O-])cc1)NCCc1ccccn1.I. The molecule has 0 bridgehead atoms. The molecule has 0 fully saturated rings. The first-order valence-electron chi connectivity index (χ1n) is 7.95. The van der Waals surface area contributed by atoms with Crippen LogP contribution in [-0.4, -0.2) is 29.0 Å². The second-order valence-corrected chi connectivity index (χ2v) is 5.26. The van der Waals surface area contributed by atoms with Gasteiger partial charge in [0.25, 0.3) is 5.69 Å². The quantitative estimate of drug-likeness (QED) is 0.156. The number of benzene rings is 1. The molecule has 0 amide bonds. The van der Waals surface area contributed by atoms with E-state index >= 15 is 0 Å². The van der Waals surface area contributed by atoms with Gasteiger partial charge in [0, 0.05) is 43.5 Å². The maximum Gasteiger partial charge on any atom is 0.269 e. The van der Waals surface area contributed by atoms with E-state index in [0.717, 1.165) is 17.7 Å². The van der Waals surface area contributed by atoms with Gasteiger partial charge in [-0.25, -0.2) is 4.99 Å². The number of guanidine groups is 1. The number of nitrogens with zero attached hydrogens (tertiary/aromatic N) is 3. The van der Waals surface area contributed by atoms with Crippen LogP contribution in [0.2, 0.25) is 0 Å². The number of hydrogen-bond donors (Lipinski definition) is 2. The Morgan fingerprint density at radius 1 is 1.23 bits per heavy atom. The number of nitro groups is 1. The molecule has 2 rings (SSSR count). The van der Waals surface area contributed by atoms with Gasteiger partial charge in [0.1, 0.15) is 0 Å². The van der Waals surface area contributed by atoms with E-state index in [1.807, 2.05) is 18.2 Å². The maximum atomic E-state index is 10.7. The maximum absolute atomic E-state index is 10.7. The fraction of sp³-hybridized carbons (Fsp3) is 0.222. The van der Waals surface area contributed by atoms with Crippen molar-refractivity contribution < 1.29 is 4.92 Å². The number of pyridine rings is 1. The molecule has 0 aliphatic rings. The third kappa shape index (κ3) is 7.60. The minimum Gasteiger partial charge on any atom is -0.356 e. The van der Waals surface area contributed by atoms with Crippen molar-refractivity contribution in [3.63, 3.8) is 0 Å². The molecule has 8 heteroatoms. The predicted octanol–water partition coefficient (Wildman–Crippen LogP) is 3.07. The molecule has 2 N–H and O–H groups in total. The Balaban J connectivity index is 0.00000338. The molecule has 0 saturated carbocycles. The minimum absolute atomic E-state index is 0. The highest BCUT2D eigenvalue weighted by atomic mass is 127. The van der Waals surface area contributed by atoms with Gasteiger partial charge in [0.05, 0.1) is 11.5 Å². The number of aromatic nitrogens is 1. The van der Waals surface area contributed by atoms with Crippen molar-refractivity contribution >= 4 is 35.6 Å². The van der Waals surface area contributed by atoms with Crippen LogP contribution in [0, 0.1) is 10.1 Å². The van der Waals surface area contributed by atoms with Gasteiger partial charge in [0.15, 0.2) is 5.96 Å². The molecule has 0 atom stereocenters. The highest BCUT2D eigenvalue weighted by Gasteiger charge is 2.04. The van der Waals surface area contributed by atoms with Crippen LogP contribution in [0.3, 0.4) is 0 Å². The van der Waals surface area contributed by atoms with Crippen LogP contribution in [0.1, 0.15) is 11.3 Å². The molecule has 2 aromatic rings. The zero-order valence-electron chi connectivity index (χ0n) is 14.3. The summed E-state index contributed by atoms with van der Waals surface area (Å²) in [5, 5.41) is 17.1. The van der Waals surface area contributed by atoms with E-state index in [2.05, 4.69) is 27.2 Å². The fourth-order valence-corrected chi connectivity index (χ4v) is 2.09. The molecule has 0 saturated heterocycles. The van der Waals surface area contributed by atoms with Gasteiger partial charge >= 0.3 is 0 Å². The van der Waals surface area contributed by atoms with Crippen LogP contribution in [-0.2, 0) is 13.0 Å². The molecule has 0 aliphatic heterocycles. The molecule has 0 radical (unpaired) electrons. The summed E-state index contributed by atoms with van der Waals surface area (Å²) >= 11 is 0. The third-order valence-electron chi connectivity index (χ3n) is 3.38. The lowest BCUT2D eigenvalue weighted by molar-refractivity contribution is -0.384. The zero-order valence-corrected chi connectivity index (χ0v) is 16.6. The first-order chi connectivity index (χ1) is 12.2. The largest absolute Gasteiger partial charge is 0.356 e. The minimum atomic E-state index is -0.413. The summed E-state index contributed by atoms with van der Waals surface area (Å²) in [6, 6.07) is 12.2. The summed E-state index contributed by atoms with van der Waals surface area (Å²) in [4.78, 5) is 19.0. The van der Waals surface area contributed by atoms with Crippen molar-refractivity contribution in [3.8, 4) is 0 Å². The summed E-state index contributed by atoms with van der Waals surface area (Å²) < 4.78 is 0. The van der Waals surface area contributed by atoms with Crippen molar-refractivity contribution in [2.24, 2.45) is 4.99 Å². The average Bonchev–Trinajstić information content (AvgIpc) is 2.64. The van der Waals surface area contributed by atoms with Crippen LogP contribution in [0.4, 0.5) is 5.69 Å². The first kappa shape index (κ1) is 21.6.